The standard InChI is InChI=1S/C26H23NO7/c1-3-31-18-6-4-5-17(14-18)27-23(20-9-7-15(2)34-20)22(25(29)26(27)30)24(28)16-8-10-19-21(13-16)33-12-11-32-19/h4-10,13-14,23,28H,3,11-12H2,1-2H3/b24-22-. The quantitative estimate of drug-likeness (QED) is 0.342. The Labute approximate surface area is 196 Å². The van der Waals surface area contributed by atoms with Gasteiger partial charge in [-0.3, -0.25) is 14.5 Å². The normalized spacial score (nSPS) is 18.9. The molecule has 3 heterocycles. The van der Waals surface area contributed by atoms with Crippen molar-refractivity contribution in [3.8, 4) is 17.2 Å². The Kier molecular flexibility index (Phi) is 5.49. The summed E-state index contributed by atoms with van der Waals surface area (Å²) in [5.41, 5.74) is 0.713. The molecule has 1 fully saturated rings. The second kappa shape index (κ2) is 8.62. The number of carbonyl (C=O) groups is 2. The number of rotatable bonds is 5. The predicted octanol–water partition coefficient (Wildman–Crippen LogP) is 4.38. The van der Waals surface area contributed by atoms with Crippen molar-refractivity contribution in [3.63, 3.8) is 0 Å². The van der Waals surface area contributed by atoms with Gasteiger partial charge in [-0.25, -0.2) is 0 Å². The van der Waals surface area contributed by atoms with E-state index in [9.17, 15) is 14.7 Å². The van der Waals surface area contributed by atoms with Crippen molar-refractivity contribution in [2.75, 3.05) is 24.7 Å². The van der Waals surface area contributed by atoms with Crippen LogP contribution in [0.15, 0.2) is 64.6 Å². The number of aliphatic hydroxyl groups excluding tert-OH is 1. The molecule has 174 valence electrons. The van der Waals surface area contributed by atoms with E-state index in [0.29, 0.717) is 59.8 Å². The van der Waals surface area contributed by atoms with E-state index in [1.165, 1.54) is 4.90 Å². The fourth-order valence-electron chi connectivity index (χ4n) is 4.20. The Morgan fingerprint density at radius 3 is 2.59 bits per heavy atom. The third-order valence-electron chi connectivity index (χ3n) is 5.70. The molecule has 8 heteroatoms. The summed E-state index contributed by atoms with van der Waals surface area (Å²) in [5, 5.41) is 11.3. The Bertz CT molecular complexity index is 1310. The van der Waals surface area contributed by atoms with Crippen molar-refractivity contribution < 1.29 is 33.3 Å². The Morgan fingerprint density at radius 2 is 1.85 bits per heavy atom. The summed E-state index contributed by atoms with van der Waals surface area (Å²) in [5.74, 6) is 0.634. The third kappa shape index (κ3) is 3.67. The van der Waals surface area contributed by atoms with Crippen LogP contribution in [0.1, 0.15) is 30.0 Å². The molecular weight excluding hydrogens is 438 g/mol. The number of Topliss-reactive ketones (excluding diaryl/α,β-unsaturated/α-hetero) is 1. The summed E-state index contributed by atoms with van der Waals surface area (Å²) in [6, 6.07) is 14.3. The van der Waals surface area contributed by atoms with Gasteiger partial charge in [0.05, 0.1) is 12.2 Å². The van der Waals surface area contributed by atoms with Gasteiger partial charge in [-0.1, -0.05) is 6.07 Å². The monoisotopic (exact) mass is 461 g/mol. The molecule has 8 nitrogen and oxygen atoms in total. The van der Waals surface area contributed by atoms with Gasteiger partial charge in [0.1, 0.15) is 42.3 Å². The van der Waals surface area contributed by atoms with Gasteiger partial charge in [0.15, 0.2) is 11.5 Å². The highest BCUT2D eigenvalue weighted by molar-refractivity contribution is 6.51. The minimum atomic E-state index is -0.959. The fraction of sp³-hybridized carbons (Fsp3) is 0.231. The molecule has 0 saturated carbocycles. The lowest BCUT2D eigenvalue weighted by atomic mass is 9.99. The first-order valence-corrected chi connectivity index (χ1v) is 11.0. The van der Waals surface area contributed by atoms with Gasteiger partial charge in [0.25, 0.3) is 11.7 Å². The van der Waals surface area contributed by atoms with Gasteiger partial charge < -0.3 is 23.7 Å². The molecule has 1 amide bonds. The summed E-state index contributed by atoms with van der Waals surface area (Å²) in [6.07, 6.45) is 0. The van der Waals surface area contributed by atoms with E-state index in [2.05, 4.69) is 0 Å². The van der Waals surface area contributed by atoms with Crippen LogP contribution < -0.4 is 19.1 Å². The Balaban J connectivity index is 1.66. The summed E-state index contributed by atoms with van der Waals surface area (Å²) in [7, 11) is 0. The van der Waals surface area contributed by atoms with Gasteiger partial charge in [-0.15, -0.1) is 0 Å². The molecular formula is C26H23NO7. The predicted molar refractivity (Wildman–Crippen MR) is 123 cm³/mol. The van der Waals surface area contributed by atoms with Crippen LogP contribution in [0.5, 0.6) is 17.2 Å². The number of benzene rings is 2. The topological polar surface area (TPSA) is 98.4 Å². The number of anilines is 1. The third-order valence-corrected chi connectivity index (χ3v) is 5.70. The van der Waals surface area contributed by atoms with E-state index < -0.39 is 17.7 Å². The zero-order valence-corrected chi connectivity index (χ0v) is 18.7. The maximum atomic E-state index is 13.3. The van der Waals surface area contributed by atoms with Crippen molar-refractivity contribution in [2.45, 2.75) is 19.9 Å². The second-order valence-electron chi connectivity index (χ2n) is 7.91. The van der Waals surface area contributed by atoms with E-state index >= 15 is 0 Å². The van der Waals surface area contributed by atoms with Crippen LogP contribution in [-0.2, 0) is 9.59 Å². The molecule has 1 aromatic heterocycles. The number of aryl methyl sites for hydroxylation is 1. The van der Waals surface area contributed by atoms with E-state index in [-0.39, 0.29) is 11.3 Å². The highest BCUT2D eigenvalue weighted by Crippen LogP contribution is 2.44. The maximum absolute atomic E-state index is 13.3. The number of fused-ring (bicyclic) bond motifs is 1. The minimum absolute atomic E-state index is 0.0714. The number of aliphatic hydroxyl groups is 1. The minimum Gasteiger partial charge on any atom is -0.507 e. The van der Waals surface area contributed by atoms with E-state index in [1.54, 1.807) is 61.5 Å². The van der Waals surface area contributed by atoms with Gasteiger partial charge in [-0.05, 0) is 56.3 Å². The van der Waals surface area contributed by atoms with Crippen LogP contribution in [0, 0.1) is 6.92 Å². The lowest BCUT2D eigenvalue weighted by Gasteiger charge is -2.24. The first kappa shape index (κ1) is 21.6. The number of furan rings is 1. The van der Waals surface area contributed by atoms with Crippen molar-refractivity contribution in [2.24, 2.45) is 0 Å². The molecule has 0 aliphatic carbocycles. The summed E-state index contributed by atoms with van der Waals surface area (Å²) < 4.78 is 22.6. The summed E-state index contributed by atoms with van der Waals surface area (Å²) in [6.45, 7) is 4.89. The molecule has 0 bridgehead atoms. The van der Waals surface area contributed by atoms with Crippen molar-refractivity contribution in [1.29, 1.82) is 0 Å². The van der Waals surface area contributed by atoms with Crippen LogP contribution >= 0.6 is 0 Å². The molecule has 5 rings (SSSR count). The smallest absolute Gasteiger partial charge is 0.300 e. The Morgan fingerprint density at radius 1 is 1.06 bits per heavy atom. The number of hydrogen-bond acceptors (Lipinski definition) is 7. The molecule has 1 atom stereocenters. The van der Waals surface area contributed by atoms with Crippen molar-refractivity contribution in [1.82, 2.24) is 0 Å². The van der Waals surface area contributed by atoms with Gasteiger partial charge in [0.2, 0.25) is 0 Å². The zero-order chi connectivity index (χ0) is 23.8. The van der Waals surface area contributed by atoms with E-state index in [0.717, 1.165) is 0 Å². The highest BCUT2D eigenvalue weighted by atomic mass is 16.6. The Hall–Kier alpha value is -4.20. The maximum Gasteiger partial charge on any atom is 0.300 e. The van der Waals surface area contributed by atoms with E-state index in [1.807, 2.05) is 6.92 Å². The highest BCUT2D eigenvalue weighted by Gasteiger charge is 2.48. The lowest BCUT2D eigenvalue weighted by Crippen LogP contribution is -2.29. The SMILES string of the molecule is CCOc1cccc(N2C(=O)C(=O)/C(=C(\O)c3ccc4c(c3)OCCO4)C2c2ccc(C)o2)c1. The van der Waals surface area contributed by atoms with Gasteiger partial charge in [0, 0.05) is 17.3 Å². The van der Waals surface area contributed by atoms with Gasteiger partial charge in [-0.2, -0.15) is 0 Å². The van der Waals surface area contributed by atoms with Crippen LogP contribution in [0.25, 0.3) is 5.76 Å². The second-order valence-corrected chi connectivity index (χ2v) is 7.91. The van der Waals surface area contributed by atoms with Gasteiger partial charge >= 0.3 is 0 Å². The molecule has 1 unspecified atom stereocenters. The van der Waals surface area contributed by atoms with Crippen molar-refractivity contribution >= 4 is 23.1 Å². The molecule has 34 heavy (non-hydrogen) atoms. The molecule has 1 saturated heterocycles. The van der Waals surface area contributed by atoms with E-state index in [4.69, 9.17) is 18.6 Å². The number of carbonyl (C=O) groups excluding carboxylic acids is 2. The number of ether oxygens (including phenoxy) is 3. The van der Waals surface area contributed by atoms with Crippen LogP contribution in [-0.4, -0.2) is 36.6 Å². The molecule has 2 aliphatic rings. The average Bonchev–Trinajstić information content (AvgIpc) is 3.39. The summed E-state index contributed by atoms with van der Waals surface area (Å²) >= 11 is 0. The number of nitrogens with zero attached hydrogens (tertiary/aromatic N) is 1. The molecule has 0 radical (unpaired) electrons. The first-order chi connectivity index (χ1) is 16.5. The fourth-order valence-corrected chi connectivity index (χ4v) is 4.20. The molecule has 2 aliphatic heterocycles. The number of ketones is 1. The zero-order valence-electron chi connectivity index (χ0n) is 18.7. The summed E-state index contributed by atoms with van der Waals surface area (Å²) in [4.78, 5) is 27.8. The molecule has 0 spiro atoms. The first-order valence-electron chi connectivity index (χ1n) is 11.0. The van der Waals surface area contributed by atoms with Crippen LogP contribution in [0.2, 0.25) is 0 Å². The average molecular weight is 461 g/mol. The largest absolute Gasteiger partial charge is 0.507 e. The number of hydrogen-bond donors (Lipinski definition) is 1. The number of amides is 1. The van der Waals surface area contributed by atoms with Crippen LogP contribution in [0.4, 0.5) is 5.69 Å². The molecule has 1 N–H and O–H groups in total. The molecule has 3 aromatic rings. The molecule has 2 aromatic carbocycles. The van der Waals surface area contributed by atoms with Crippen LogP contribution in [0.3, 0.4) is 0 Å². The van der Waals surface area contributed by atoms with Crippen molar-refractivity contribution in [3.05, 3.63) is 77.3 Å². The lowest BCUT2D eigenvalue weighted by molar-refractivity contribution is -0.132.